The molecule has 1 aromatic rings. The van der Waals surface area contributed by atoms with Crippen LogP contribution in [0.2, 0.25) is 0 Å². The summed E-state index contributed by atoms with van der Waals surface area (Å²) >= 11 is 0. The molecule has 20 heavy (non-hydrogen) atoms. The Bertz CT molecular complexity index is 478. The molecule has 7 heteroatoms. The highest BCUT2D eigenvalue weighted by Crippen LogP contribution is 2.17. The summed E-state index contributed by atoms with van der Waals surface area (Å²) in [5.41, 5.74) is 4.16. The molecule has 1 heterocycles. The Hall–Kier alpha value is -2.31. The fourth-order valence-electron chi connectivity index (χ4n) is 2.14. The van der Waals surface area contributed by atoms with Gasteiger partial charge in [-0.3, -0.25) is 25.2 Å². The number of nitrogens with one attached hydrogen (secondary N) is 3. The maximum atomic E-state index is 11.6. The number of hydrogen-bond donors (Lipinski definition) is 3. The Morgan fingerprint density at radius 3 is 2.45 bits per heavy atom. The van der Waals surface area contributed by atoms with Crippen molar-refractivity contribution in [3.63, 3.8) is 0 Å². The molecular formula is C13H17N3O4. The van der Waals surface area contributed by atoms with E-state index in [2.05, 4.69) is 10.7 Å². The number of hydrogen-bond acceptors (Lipinski definition) is 4. The van der Waals surface area contributed by atoms with Crippen molar-refractivity contribution in [2.45, 2.75) is 38.1 Å². The average molecular weight is 279 g/mol. The summed E-state index contributed by atoms with van der Waals surface area (Å²) in [5.74, 6) is -2.20. The zero-order valence-corrected chi connectivity index (χ0v) is 11.0. The van der Waals surface area contributed by atoms with Gasteiger partial charge in [-0.25, -0.2) is 0 Å². The van der Waals surface area contributed by atoms with Crippen LogP contribution in [0.1, 0.15) is 42.7 Å². The van der Waals surface area contributed by atoms with Gasteiger partial charge >= 0.3 is 17.7 Å². The van der Waals surface area contributed by atoms with Gasteiger partial charge in [-0.15, -0.1) is 0 Å². The van der Waals surface area contributed by atoms with E-state index in [0.29, 0.717) is 0 Å². The van der Waals surface area contributed by atoms with E-state index >= 15 is 0 Å². The average Bonchev–Trinajstić information content (AvgIpc) is 2.99. The van der Waals surface area contributed by atoms with Gasteiger partial charge in [0.1, 0.15) is 0 Å². The second-order valence-electron chi connectivity index (χ2n) is 4.69. The number of rotatable bonds is 2. The zero-order chi connectivity index (χ0) is 14.4. The van der Waals surface area contributed by atoms with Crippen molar-refractivity contribution in [2.75, 3.05) is 0 Å². The van der Waals surface area contributed by atoms with Crippen LogP contribution in [-0.4, -0.2) is 23.8 Å². The van der Waals surface area contributed by atoms with E-state index in [9.17, 15) is 14.4 Å². The number of carbonyl (C=O) groups is 3. The van der Waals surface area contributed by atoms with Gasteiger partial charge in [0.05, 0.1) is 6.26 Å². The topological polar surface area (TPSA) is 100 Å². The number of amides is 3. The Balaban J connectivity index is 1.73. The third-order valence-electron chi connectivity index (χ3n) is 3.18. The van der Waals surface area contributed by atoms with Crippen LogP contribution in [0.15, 0.2) is 22.8 Å². The standard InChI is InChI=1S/C13H17N3O4/c17-11(10-7-4-8-20-10)15-16-13(19)12(18)14-9-5-2-1-3-6-9/h4,7-9H,1-3,5-6H2,(H,14,18)(H,15,17)(H,16,19). The van der Waals surface area contributed by atoms with E-state index in [1.165, 1.54) is 12.3 Å². The largest absolute Gasteiger partial charge is 0.459 e. The van der Waals surface area contributed by atoms with Gasteiger partial charge < -0.3 is 9.73 Å². The molecule has 0 aromatic carbocycles. The minimum absolute atomic E-state index is 0.0442. The van der Waals surface area contributed by atoms with Crippen molar-refractivity contribution in [3.05, 3.63) is 24.2 Å². The van der Waals surface area contributed by atoms with Crippen LogP contribution in [0.5, 0.6) is 0 Å². The molecule has 1 aliphatic rings. The van der Waals surface area contributed by atoms with E-state index < -0.39 is 17.7 Å². The van der Waals surface area contributed by atoms with Crippen molar-refractivity contribution >= 4 is 17.7 Å². The summed E-state index contributed by atoms with van der Waals surface area (Å²) in [4.78, 5) is 34.6. The molecular weight excluding hydrogens is 262 g/mol. The van der Waals surface area contributed by atoms with E-state index in [4.69, 9.17) is 4.42 Å². The summed E-state index contributed by atoms with van der Waals surface area (Å²) in [5, 5.41) is 2.65. The van der Waals surface area contributed by atoms with Crippen LogP contribution in [0.25, 0.3) is 0 Å². The van der Waals surface area contributed by atoms with Crippen LogP contribution in [0, 0.1) is 0 Å². The first-order valence-electron chi connectivity index (χ1n) is 6.61. The third-order valence-corrected chi connectivity index (χ3v) is 3.18. The van der Waals surface area contributed by atoms with Gasteiger partial charge in [0, 0.05) is 6.04 Å². The van der Waals surface area contributed by atoms with E-state index in [0.717, 1.165) is 32.1 Å². The molecule has 3 amide bonds. The van der Waals surface area contributed by atoms with Crippen molar-refractivity contribution in [2.24, 2.45) is 0 Å². The minimum atomic E-state index is -0.893. The predicted octanol–water partition coefficient (Wildman–Crippen LogP) is 0.489. The molecule has 2 rings (SSSR count). The fraction of sp³-hybridized carbons (Fsp3) is 0.462. The molecule has 7 nitrogen and oxygen atoms in total. The van der Waals surface area contributed by atoms with E-state index in [1.54, 1.807) is 6.07 Å². The predicted molar refractivity (Wildman–Crippen MR) is 69.3 cm³/mol. The Labute approximate surface area is 116 Å². The van der Waals surface area contributed by atoms with Gasteiger partial charge in [0.2, 0.25) is 0 Å². The van der Waals surface area contributed by atoms with Crippen LogP contribution in [-0.2, 0) is 9.59 Å². The van der Waals surface area contributed by atoms with Crippen LogP contribution < -0.4 is 16.2 Å². The SMILES string of the molecule is O=C(NNC(=O)c1ccco1)C(=O)NC1CCCCC1. The van der Waals surface area contributed by atoms with Crippen LogP contribution >= 0.6 is 0 Å². The van der Waals surface area contributed by atoms with Crippen molar-refractivity contribution in [3.8, 4) is 0 Å². The second-order valence-corrected chi connectivity index (χ2v) is 4.69. The lowest BCUT2D eigenvalue weighted by Crippen LogP contribution is -2.50. The first kappa shape index (κ1) is 14.1. The smallest absolute Gasteiger partial charge is 0.327 e. The quantitative estimate of drug-likeness (QED) is 0.541. The van der Waals surface area contributed by atoms with Gasteiger partial charge in [0.25, 0.3) is 0 Å². The summed E-state index contributed by atoms with van der Waals surface area (Å²) in [6.07, 6.45) is 6.39. The molecule has 0 radical (unpaired) electrons. The lowest BCUT2D eigenvalue weighted by molar-refractivity contribution is -0.140. The van der Waals surface area contributed by atoms with Crippen molar-refractivity contribution in [1.29, 1.82) is 0 Å². The number of hydrazine groups is 1. The number of furan rings is 1. The Kier molecular flexibility index (Phi) is 4.75. The highest BCUT2D eigenvalue weighted by atomic mass is 16.3. The monoisotopic (exact) mass is 279 g/mol. The molecule has 0 saturated heterocycles. The highest BCUT2D eigenvalue weighted by Gasteiger charge is 2.21. The minimum Gasteiger partial charge on any atom is -0.459 e. The Morgan fingerprint density at radius 2 is 1.80 bits per heavy atom. The van der Waals surface area contributed by atoms with Crippen LogP contribution in [0.4, 0.5) is 0 Å². The lowest BCUT2D eigenvalue weighted by atomic mass is 9.95. The van der Waals surface area contributed by atoms with Crippen LogP contribution in [0.3, 0.4) is 0 Å². The number of carbonyl (C=O) groups excluding carboxylic acids is 3. The molecule has 1 saturated carbocycles. The second kappa shape index (κ2) is 6.74. The summed E-state index contributed by atoms with van der Waals surface area (Å²) < 4.78 is 4.85. The molecule has 3 N–H and O–H groups in total. The molecule has 0 atom stereocenters. The zero-order valence-electron chi connectivity index (χ0n) is 11.0. The first-order valence-corrected chi connectivity index (χ1v) is 6.61. The molecule has 0 aliphatic heterocycles. The van der Waals surface area contributed by atoms with Gasteiger partial charge in [-0.1, -0.05) is 19.3 Å². The maximum absolute atomic E-state index is 11.6. The fourth-order valence-corrected chi connectivity index (χ4v) is 2.14. The van der Waals surface area contributed by atoms with E-state index in [-0.39, 0.29) is 11.8 Å². The summed E-state index contributed by atoms with van der Waals surface area (Å²) in [7, 11) is 0. The summed E-state index contributed by atoms with van der Waals surface area (Å²) in [6.45, 7) is 0. The Morgan fingerprint density at radius 1 is 1.05 bits per heavy atom. The normalized spacial score (nSPS) is 15.4. The van der Waals surface area contributed by atoms with E-state index in [1.807, 2.05) is 5.43 Å². The maximum Gasteiger partial charge on any atom is 0.327 e. The highest BCUT2D eigenvalue weighted by molar-refractivity contribution is 6.35. The van der Waals surface area contributed by atoms with Crippen molar-refractivity contribution < 1.29 is 18.8 Å². The molecule has 1 aromatic heterocycles. The van der Waals surface area contributed by atoms with Gasteiger partial charge in [0.15, 0.2) is 5.76 Å². The van der Waals surface area contributed by atoms with Gasteiger partial charge in [-0.2, -0.15) is 0 Å². The third kappa shape index (κ3) is 3.84. The summed E-state index contributed by atoms with van der Waals surface area (Å²) in [6, 6.07) is 3.04. The molecule has 0 bridgehead atoms. The molecule has 1 aliphatic carbocycles. The lowest BCUT2D eigenvalue weighted by Gasteiger charge is -2.22. The molecule has 1 fully saturated rings. The molecule has 0 unspecified atom stereocenters. The van der Waals surface area contributed by atoms with Gasteiger partial charge in [-0.05, 0) is 25.0 Å². The molecule has 108 valence electrons. The first-order chi connectivity index (χ1) is 9.66. The molecule has 0 spiro atoms. The van der Waals surface area contributed by atoms with Crippen molar-refractivity contribution in [1.82, 2.24) is 16.2 Å².